The second-order valence-electron chi connectivity index (χ2n) is 8.93. The molecule has 0 saturated carbocycles. The molecule has 10 nitrogen and oxygen atoms in total. The normalized spacial score (nSPS) is 16.7. The second kappa shape index (κ2) is 13.5. The highest BCUT2D eigenvalue weighted by molar-refractivity contribution is 6.00. The van der Waals surface area contributed by atoms with Crippen LogP contribution in [0.15, 0.2) is 58.6 Å². The van der Waals surface area contributed by atoms with Crippen molar-refractivity contribution in [3.8, 4) is 5.75 Å². The van der Waals surface area contributed by atoms with Crippen molar-refractivity contribution in [2.75, 3.05) is 47.0 Å². The largest absolute Gasteiger partial charge is 0.494 e. The number of aliphatic hydroxyl groups excluding tert-OH is 1. The summed E-state index contributed by atoms with van der Waals surface area (Å²) >= 11 is 0. The monoisotopic (exact) mass is 494 g/mol. The van der Waals surface area contributed by atoms with Gasteiger partial charge in [-0.2, -0.15) is 0 Å². The lowest BCUT2D eigenvalue weighted by atomic mass is 9.89. The number of benzene rings is 2. The molecule has 2 N–H and O–H groups in total. The Morgan fingerprint density at radius 1 is 1.22 bits per heavy atom. The summed E-state index contributed by atoms with van der Waals surface area (Å²) in [5.41, 5.74) is 10.1. The third-order valence-corrected chi connectivity index (χ3v) is 5.83. The van der Waals surface area contributed by atoms with Crippen molar-refractivity contribution in [2.24, 2.45) is 10.1 Å². The van der Waals surface area contributed by atoms with Crippen LogP contribution in [0.3, 0.4) is 0 Å². The van der Waals surface area contributed by atoms with E-state index in [4.69, 9.17) is 25.1 Å². The molecule has 10 heteroatoms. The van der Waals surface area contributed by atoms with Crippen molar-refractivity contribution >= 4 is 11.8 Å². The standard InChI is InChI=1S/C26H34N6O4/c1-32(2)14-5-13-28-25(34)26(17-21-7-3-4-8-22(21)18-29-31-27)19-36-24(30-26)20-9-11-23(12-10-20)35-16-6-15-33/h3-4,7-12,33H,5-6,13-19H2,1-2H3,(H,28,34)/t26-/m1/s1. The Morgan fingerprint density at radius 3 is 2.67 bits per heavy atom. The van der Waals surface area contributed by atoms with Gasteiger partial charge in [-0.3, -0.25) is 4.79 Å². The summed E-state index contributed by atoms with van der Waals surface area (Å²) in [4.78, 5) is 23.2. The zero-order valence-electron chi connectivity index (χ0n) is 20.9. The maximum atomic E-state index is 13.5. The van der Waals surface area contributed by atoms with Crippen molar-refractivity contribution in [1.82, 2.24) is 10.2 Å². The molecule has 2 aromatic carbocycles. The Hall–Kier alpha value is -3.59. The maximum Gasteiger partial charge on any atom is 0.251 e. The minimum atomic E-state index is -1.14. The van der Waals surface area contributed by atoms with E-state index in [2.05, 4.69) is 20.2 Å². The van der Waals surface area contributed by atoms with Crippen LogP contribution in [0.25, 0.3) is 10.4 Å². The number of hydrogen-bond donors (Lipinski definition) is 2. The fourth-order valence-corrected chi connectivity index (χ4v) is 3.90. The molecule has 0 unspecified atom stereocenters. The van der Waals surface area contributed by atoms with Gasteiger partial charge in [-0.25, -0.2) is 4.99 Å². The Kier molecular flexibility index (Phi) is 10.1. The van der Waals surface area contributed by atoms with Crippen LogP contribution in [0, 0.1) is 0 Å². The van der Waals surface area contributed by atoms with E-state index in [1.807, 2.05) is 62.6 Å². The molecule has 0 bridgehead atoms. The lowest BCUT2D eigenvalue weighted by molar-refractivity contribution is -0.126. The molecular formula is C26H34N6O4. The first-order chi connectivity index (χ1) is 17.5. The van der Waals surface area contributed by atoms with Gasteiger partial charge in [-0.05, 0) is 68.0 Å². The van der Waals surface area contributed by atoms with Crippen LogP contribution in [0.5, 0.6) is 5.75 Å². The average molecular weight is 495 g/mol. The third kappa shape index (κ3) is 7.45. The van der Waals surface area contributed by atoms with E-state index in [-0.39, 0.29) is 25.7 Å². The van der Waals surface area contributed by atoms with E-state index in [9.17, 15) is 4.79 Å². The fraction of sp³-hybridized carbons (Fsp3) is 0.462. The number of aliphatic imine (C=N–C) groups is 1. The summed E-state index contributed by atoms with van der Waals surface area (Å²) < 4.78 is 11.6. The molecule has 36 heavy (non-hydrogen) atoms. The van der Waals surface area contributed by atoms with Crippen LogP contribution in [0.2, 0.25) is 0 Å². The van der Waals surface area contributed by atoms with Crippen molar-refractivity contribution < 1.29 is 19.4 Å². The van der Waals surface area contributed by atoms with Gasteiger partial charge in [0.05, 0.1) is 13.2 Å². The third-order valence-electron chi connectivity index (χ3n) is 5.83. The summed E-state index contributed by atoms with van der Waals surface area (Å²) in [5.74, 6) is 0.884. The van der Waals surface area contributed by atoms with Gasteiger partial charge in [0, 0.05) is 36.5 Å². The molecule has 0 aromatic heterocycles. The first-order valence-corrected chi connectivity index (χ1v) is 12.0. The molecule has 0 spiro atoms. The molecular weight excluding hydrogens is 460 g/mol. The summed E-state index contributed by atoms with van der Waals surface area (Å²) in [6.07, 6.45) is 1.69. The minimum Gasteiger partial charge on any atom is -0.494 e. The van der Waals surface area contributed by atoms with Gasteiger partial charge in [0.25, 0.3) is 5.91 Å². The van der Waals surface area contributed by atoms with Gasteiger partial charge in [0.15, 0.2) is 5.54 Å². The molecule has 2 aromatic rings. The SMILES string of the molecule is CN(C)CCCNC(=O)[C@@]1(Cc2ccccc2CN=[N+]=[N-])COC(c2ccc(OCCCO)cc2)=N1. The molecule has 1 heterocycles. The predicted octanol–water partition coefficient (Wildman–Crippen LogP) is 3.08. The lowest BCUT2D eigenvalue weighted by Gasteiger charge is -2.24. The first-order valence-electron chi connectivity index (χ1n) is 12.0. The lowest BCUT2D eigenvalue weighted by Crippen LogP contribution is -2.49. The Balaban J connectivity index is 1.84. The molecule has 1 aliphatic rings. The zero-order chi connectivity index (χ0) is 25.8. The number of aliphatic hydroxyl groups is 1. The van der Waals surface area contributed by atoms with E-state index >= 15 is 0 Å². The van der Waals surface area contributed by atoms with E-state index < -0.39 is 5.54 Å². The van der Waals surface area contributed by atoms with Crippen LogP contribution in [-0.4, -0.2) is 74.4 Å². The molecule has 1 atom stereocenters. The average Bonchev–Trinajstić information content (AvgIpc) is 3.32. The number of ether oxygens (including phenoxy) is 2. The minimum absolute atomic E-state index is 0.0774. The number of carbonyl (C=O) groups is 1. The molecule has 1 amide bonds. The number of hydrogen-bond acceptors (Lipinski definition) is 7. The summed E-state index contributed by atoms with van der Waals surface area (Å²) in [6.45, 7) is 2.20. The summed E-state index contributed by atoms with van der Waals surface area (Å²) in [5, 5.41) is 15.7. The van der Waals surface area contributed by atoms with Gasteiger partial charge in [0.2, 0.25) is 5.90 Å². The summed E-state index contributed by atoms with van der Waals surface area (Å²) in [6, 6.07) is 14.9. The number of nitrogens with one attached hydrogen (secondary N) is 1. The van der Waals surface area contributed by atoms with E-state index in [1.165, 1.54) is 0 Å². The number of carbonyl (C=O) groups excluding carboxylic acids is 1. The van der Waals surface area contributed by atoms with Crippen LogP contribution < -0.4 is 10.1 Å². The number of nitrogens with zero attached hydrogens (tertiary/aromatic N) is 5. The van der Waals surface area contributed by atoms with Crippen molar-refractivity contribution in [3.63, 3.8) is 0 Å². The van der Waals surface area contributed by atoms with Crippen LogP contribution in [-0.2, 0) is 22.5 Å². The van der Waals surface area contributed by atoms with Gasteiger partial charge in [-0.1, -0.05) is 29.4 Å². The fourth-order valence-electron chi connectivity index (χ4n) is 3.90. The number of amides is 1. The molecule has 0 saturated heterocycles. The van der Waals surface area contributed by atoms with Gasteiger partial charge < -0.3 is 24.8 Å². The Labute approximate surface area is 211 Å². The Morgan fingerprint density at radius 2 is 1.97 bits per heavy atom. The van der Waals surface area contributed by atoms with Crippen molar-refractivity contribution in [1.29, 1.82) is 0 Å². The van der Waals surface area contributed by atoms with Gasteiger partial charge >= 0.3 is 0 Å². The highest BCUT2D eigenvalue weighted by atomic mass is 16.5. The topological polar surface area (TPSA) is 132 Å². The summed E-state index contributed by atoms with van der Waals surface area (Å²) in [7, 11) is 3.99. The van der Waals surface area contributed by atoms with Crippen LogP contribution in [0.1, 0.15) is 29.5 Å². The molecule has 0 aliphatic carbocycles. The van der Waals surface area contributed by atoms with E-state index in [0.717, 1.165) is 29.7 Å². The van der Waals surface area contributed by atoms with E-state index in [1.54, 1.807) is 0 Å². The van der Waals surface area contributed by atoms with Crippen molar-refractivity contribution in [3.05, 3.63) is 75.7 Å². The van der Waals surface area contributed by atoms with Crippen LogP contribution in [0.4, 0.5) is 0 Å². The zero-order valence-corrected chi connectivity index (χ0v) is 20.9. The maximum absolute atomic E-state index is 13.5. The Bertz CT molecular complexity index is 1080. The number of azide groups is 1. The van der Waals surface area contributed by atoms with Gasteiger partial charge in [-0.15, -0.1) is 0 Å². The smallest absolute Gasteiger partial charge is 0.251 e. The van der Waals surface area contributed by atoms with Crippen molar-refractivity contribution in [2.45, 2.75) is 31.3 Å². The molecule has 192 valence electrons. The quantitative estimate of drug-likeness (QED) is 0.180. The molecule has 0 radical (unpaired) electrons. The van der Waals surface area contributed by atoms with E-state index in [0.29, 0.717) is 37.6 Å². The second-order valence-corrected chi connectivity index (χ2v) is 8.93. The predicted molar refractivity (Wildman–Crippen MR) is 138 cm³/mol. The first kappa shape index (κ1) is 27.0. The van der Waals surface area contributed by atoms with Crippen LogP contribution >= 0.6 is 0 Å². The molecule has 0 fully saturated rings. The van der Waals surface area contributed by atoms with Gasteiger partial charge in [0.1, 0.15) is 12.4 Å². The number of rotatable bonds is 14. The highest BCUT2D eigenvalue weighted by Crippen LogP contribution is 2.29. The molecule has 1 aliphatic heterocycles. The molecule has 3 rings (SSSR count). The highest BCUT2D eigenvalue weighted by Gasteiger charge is 2.44.